The Morgan fingerprint density at radius 2 is 1.80 bits per heavy atom. The molecule has 0 aromatic heterocycles. The highest BCUT2D eigenvalue weighted by molar-refractivity contribution is 5.99. The number of carbonyl (C=O) groups excluding carboxylic acids is 1. The van der Waals surface area contributed by atoms with Crippen LogP contribution in [0, 0.1) is 0 Å². The number of para-hydroxylation sites is 1. The van der Waals surface area contributed by atoms with Gasteiger partial charge in [0.1, 0.15) is 6.61 Å². The van der Waals surface area contributed by atoms with Gasteiger partial charge >= 0.3 is 6.18 Å². The molecule has 142 valence electrons. The van der Waals surface area contributed by atoms with Gasteiger partial charge in [-0.25, -0.2) is 0 Å². The molecular formula is C16H23ClF3N3O2. The van der Waals surface area contributed by atoms with E-state index in [1.54, 1.807) is 29.2 Å². The Morgan fingerprint density at radius 3 is 2.40 bits per heavy atom. The first kappa shape index (κ1) is 21.5. The van der Waals surface area contributed by atoms with E-state index in [0.29, 0.717) is 50.4 Å². The summed E-state index contributed by atoms with van der Waals surface area (Å²) in [5, 5.41) is 0. The van der Waals surface area contributed by atoms with Crippen molar-refractivity contribution in [2.24, 2.45) is 0 Å². The molecular weight excluding hydrogens is 359 g/mol. The molecule has 1 amide bonds. The molecule has 1 fully saturated rings. The Morgan fingerprint density at radius 1 is 1.16 bits per heavy atom. The van der Waals surface area contributed by atoms with Crippen LogP contribution in [-0.2, 0) is 4.74 Å². The minimum atomic E-state index is -4.27. The average Bonchev–Trinajstić information content (AvgIpc) is 2.54. The lowest BCUT2D eigenvalue weighted by atomic mass is 10.1. The van der Waals surface area contributed by atoms with Gasteiger partial charge in [-0.15, -0.1) is 12.4 Å². The first-order valence-electron chi connectivity index (χ1n) is 7.87. The van der Waals surface area contributed by atoms with Gasteiger partial charge < -0.3 is 15.4 Å². The van der Waals surface area contributed by atoms with Crippen molar-refractivity contribution in [3.63, 3.8) is 0 Å². The van der Waals surface area contributed by atoms with Crippen molar-refractivity contribution < 1.29 is 22.7 Å². The molecule has 1 aromatic rings. The quantitative estimate of drug-likeness (QED) is 0.607. The summed E-state index contributed by atoms with van der Waals surface area (Å²) in [4.78, 5) is 16.3. The normalized spacial score (nSPS) is 15.7. The van der Waals surface area contributed by atoms with E-state index in [-0.39, 0.29) is 24.9 Å². The largest absolute Gasteiger partial charge is 0.411 e. The van der Waals surface area contributed by atoms with Gasteiger partial charge in [-0.1, -0.05) is 12.1 Å². The summed E-state index contributed by atoms with van der Waals surface area (Å²) < 4.78 is 40.4. The third-order valence-electron chi connectivity index (χ3n) is 3.88. The summed E-state index contributed by atoms with van der Waals surface area (Å²) in [6.45, 7) is 2.09. The Labute approximate surface area is 151 Å². The number of benzene rings is 1. The minimum absolute atomic E-state index is 0. The number of rotatable bonds is 6. The van der Waals surface area contributed by atoms with Gasteiger partial charge in [0.15, 0.2) is 0 Å². The lowest BCUT2D eigenvalue weighted by Gasteiger charge is -2.35. The van der Waals surface area contributed by atoms with Crippen molar-refractivity contribution in [1.29, 1.82) is 0 Å². The first-order valence-corrected chi connectivity index (χ1v) is 7.87. The van der Waals surface area contributed by atoms with Crippen molar-refractivity contribution in [1.82, 2.24) is 9.80 Å². The van der Waals surface area contributed by atoms with E-state index in [2.05, 4.69) is 9.64 Å². The number of hydrogen-bond donors (Lipinski definition) is 1. The van der Waals surface area contributed by atoms with Crippen LogP contribution >= 0.6 is 12.4 Å². The molecule has 1 saturated heterocycles. The van der Waals surface area contributed by atoms with E-state index in [1.165, 1.54) is 0 Å². The number of halogens is 4. The topological polar surface area (TPSA) is 58.8 Å². The highest BCUT2D eigenvalue weighted by Crippen LogP contribution is 2.16. The Balaban J connectivity index is 0.00000312. The number of hydrogen-bond acceptors (Lipinski definition) is 4. The third kappa shape index (κ3) is 7.09. The van der Waals surface area contributed by atoms with E-state index >= 15 is 0 Å². The van der Waals surface area contributed by atoms with Crippen LogP contribution < -0.4 is 5.73 Å². The number of nitrogen functional groups attached to an aromatic ring is 1. The number of nitrogens with zero attached hydrogens (tertiary/aromatic N) is 2. The predicted molar refractivity (Wildman–Crippen MR) is 91.9 cm³/mol. The number of amides is 1. The van der Waals surface area contributed by atoms with Crippen LogP contribution in [0.1, 0.15) is 16.8 Å². The van der Waals surface area contributed by atoms with E-state index in [1.807, 2.05) is 0 Å². The Bertz CT molecular complexity index is 550. The molecule has 9 heteroatoms. The average molecular weight is 382 g/mol. The summed E-state index contributed by atoms with van der Waals surface area (Å²) in [5.74, 6) is -0.0822. The molecule has 25 heavy (non-hydrogen) atoms. The Kier molecular flexibility index (Phi) is 8.47. The fourth-order valence-electron chi connectivity index (χ4n) is 2.61. The second kappa shape index (κ2) is 9.84. The Hall–Kier alpha value is -1.51. The number of piperazine rings is 1. The molecule has 0 atom stereocenters. The first-order chi connectivity index (χ1) is 11.4. The third-order valence-corrected chi connectivity index (χ3v) is 3.88. The van der Waals surface area contributed by atoms with Crippen LogP contribution in [0.5, 0.6) is 0 Å². The van der Waals surface area contributed by atoms with E-state index in [0.717, 1.165) is 0 Å². The molecule has 0 unspecified atom stereocenters. The number of nitrogens with two attached hydrogens (primary N) is 1. The summed E-state index contributed by atoms with van der Waals surface area (Å²) in [6.07, 6.45) is -3.74. The molecule has 0 bridgehead atoms. The van der Waals surface area contributed by atoms with Gasteiger partial charge in [0, 0.05) is 45.0 Å². The number of anilines is 1. The highest BCUT2D eigenvalue weighted by Gasteiger charge is 2.27. The van der Waals surface area contributed by atoms with Crippen LogP contribution in [0.15, 0.2) is 24.3 Å². The molecule has 0 radical (unpaired) electrons. The van der Waals surface area contributed by atoms with Gasteiger partial charge in [0.25, 0.3) is 5.91 Å². The van der Waals surface area contributed by atoms with E-state index in [4.69, 9.17) is 5.73 Å². The molecule has 2 N–H and O–H groups in total. The summed E-state index contributed by atoms with van der Waals surface area (Å²) in [7, 11) is 0. The van der Waals surface area contributed by atoms with Crippen LogP contribution in [0.2, 0.25) is 0 Å². The monoisotopic (exact) mass is 381 g/mol. The SMILES string of the molecule is Cl.Nc1ccccc1C(=O)N1CCN(CCCOCC(F)(F)F)CC1. The molecule has 2 rings (SSSR count). The summed E-state index contributed by atoms with van der Waals surface area (Å²) in [5.41, 5.74) is 6.80. The van der Waals surface area contributed by atoms with Crippen molar-refractivity contribution in [3.8, 4) is 0 Å². The lowest BCUT2D eigenvalue weighted by molar-refractivity contribution is -0.174. The van der Waals surface area contributed by atoms with Gasteiger partial charge in [-0.3, -0.25) is 9.69 Å². The molecule has 1 aliphatic heterocycles. The van der Waals surface area contributed by atoms with Gasteiger partial charge in [0.05, 0.1) is 5.56 Å². The van der Waals surface area contributed by atoms with Crippen LogP contribution in [0.3, 0.4) is 0 Å². The zero-order chi connectivity index (χ0) is 17.6. The molecule has 5 nitrogen and oxygen atoms in total. The van der Waals surface area contributed by atoms with Crippen molar-refractivity contribution in [2.75, 3.05) is 51.7 Å². The maximum atomic E-state index is 12.4. The number of ether oxygens (including phenoxy) is 1. The van der Waals surface area contributed by atoms with Crippen molar-refractivity contribution >= 4 is 24.0 Å². The fraction of sp³-hybridized carbons (Fsp3) is 0.562. The number of alkyl halides is 3. The van der Waals surface area contributed by atoms with Crippen LogP contribution in [0.4, 0.5) is 18.9 Å². The highest BCUT2D eigenvalue weighted by atomic mass is 35.5. The fourth-order valence-corrected chi connectivity index (χ4v) is 2.61. The zero-order valence-corrected chi connectivity index (χ0v) is 14.6. The maximum Gasteiger partial charge on any atom is 0.411 e. The number of carbonyl (C=O) groups is 1. The second-order valence-corrected chi connectivity index (χ2v) is 5.74. The summed E-state index contributed by atoms with van der Waals surface area (Å²) >= 11 is 0. The maximum absolute atomic E-state index is 12.4. The second-order valence-electron chi connectivity index (χ2n) is 5.74. The lowest BCUT2D eigenvalue weighted by Crippen LogP contribution is -2.49. The van der Waals surface area contributed by atoms with Gasteiger partial charge in [-0.2, -0.15) is 13.2 Å². The predicted octanol–water partition coefficient (Wildman–Crippen LogP) is 2.42. The van der Waals surface area contributed by atoms with E-state index < -0.39 is 12.8 Å². The smallest absolute Gasteiger partial charge is 0.398 e. The molecule has 1 heterocycles. The van der Waals surface area contributed by atoms with E-state index in [9.17, 15) is 18.0 Å². The standard InChI is InChI=1S/C16H22F3N3O2.ClH/c17-16(18,19)12-24-11-3-6-21-7-9-22(10-8-21)15(23)13-4-1-2-5-14(13)20;/h1-2,4-5H,3,6-12,20H2;1H. The van der Waals surface area contributed by atoms with Gasteiger partial charge in [-0.05, 0) is 18.6 Å². The molecule has 1 aromatic carbocycles. The molecule has 0 aliphatic carbocycles. The van der Waals surface area contributed by atoms with Crippen LogP contribution in [-0.4, -0.2) is 67.8 Å². The minimum Gasteiger partial charge on any atom is -0.398 e. The van der Waals surface area contributed by atoms with Crippen molar-refractivity contribution in [3.05, 3.63) is 29.8 Å². The molecule has 0 saturated carbocycles. The molecule has 0 spiro atoms. The zero-order valence-electron chi connectivity index (χ0n) is 13.8. The van der Waals surface area contributed by atoms with Gasteiger partial charge in [0.2, 0.25) is 0 Å². The van der Waals surface area contributed by atoms with Crippen LogP contribution in [0.25, 0.3) is 0 Å². The summed E-state index contributed by atoms with van der Waals surface area (Å²) in [6, 6.07) is 6.97. The van der Waals surface area contributed by atoms with Crippen molar-refractivity contribution in [2.45, 2.75) is 12.6 Å². The molecule has 1 aliphatic rings.